The molecule has 2 atom stereocenters. The fourth-order valence-electron chi connectivity index (χ4n) is 2.11. The maximum Gasteiger partial charge on any atom is 0.411 e. The first-order chi connectivity index (χ1) is 9.29. The van der Waals surface area contributed by atoms with Crippen LogP contribution < -0.4 is 0 Å². The molecule has 0 aromatic carbocycles. The molecule has 0 bridgehead atoms. The molecule has 0 spiro atoms. The monoisotopic (exact) mass is 313 g/mol. The molecule has 1 heterocycles. The van der Waals surface area contributed by atoms with Gasteiger partial charge in [-0.1, -0.05) is 0 Å². The van der Waals surface area contributed by atoms with Crippen LogP contribution >= 0.6 is 11.8 Å². The summed E-state index contributed by atoms with van der Waals surface area (Å²) in [6.07, 6.45) is -2.67. The van der Waals surface area contributed by atoms with Gasteiger partial charge in [0.05, 0.1) is 5.37 Å². The number of carbonyl (C=O) groups is 2. The Labute approximate surface area is 117 Å². The van der Waals surface area contributed by atoms with E-state index < -0.39 is 37.3 Å². The Morgan fingerprint density at radius 3 is 2.50 bits per heavy atom. The zero-order valence-electron chi connectivity index (χ0n) is 10.4. The van der Waals surface area contributed by atoms with Crippen molar-refractivity contribution in [3.63, 3.8) is 0 Å². The van der Waals surface area contributed by atoms with Crippen molar-refractivity contribution in [2.24, 2.45) is 5.92 Å². The van der Waals surface area contributed by atoms with E-state index in [0.717, 1.165) is 12.8 Å². The van der Waals surface area contributed by atoms with Crippen molar-refractivity contribution in [2.45, 2.75) is 30.4 Å². The van der Waals surface area contributed by atoms with Gasteiger partial charge in [-0.2, -0.15) is 13.2 Å². The van der Waals surface area contributed by atoms with Gasteiger partial charge in [-0.25, -0.2) is 4.79 Å². The summed E-state index contributed by atoms with van der Waals surface area (Å²) in [6, 6.07) is -0.979. The average Bonchev–Trinajstić information content (AvgIpc) is 3.05. The summed E-state index contributed by atoms with van der Waals surface area (Å²) in [6.45, 7) is -2.25. The predicted molar refractivity (Wildman–Crippen MR) is 64.1 cm³/mol. The number of carboxylic acid groups (broad SMARTS) is 1. The molecule has 1 saturated heterocycles. The van der Waals surface area contributed by atoms with Crippen LogP contribution in [0.4, 0.5) is 13.2 Å². The van der Waals surface area contributed by atoms with E-state index in [1.807, 2.05) is 0 Å². The fourth-order valence-corrected chi connectivity index (χ4v) is 3.76. The number of halogens is 3. The number of hydrogen-bond donors (Lipinski definition) is 1. The molecule has 1 N–H and O–H groups in total. The number of rotatable bonds is 5. The van der Waals surface area contributed by atoms with Gasteiger partial charge < -0.3 is 14.7 Å². The smallest absolute Gasteiger partial charge is 0.411 e. The van der Waals surface area contributed by atoms with Gasteiger partial charge in [-0.3, -0.25) is 4.79 Å². The molecule has 1 amide bonds. The molecular formula is C11H14F3NO4S. The number of nitrogens with zero attached hydrogens (tertiary/aromatic N) is 1. The molecule has 1 aliphatic carbocycles. The molecule has 0 aromatic heterocycles. The third kappa shape index (κ3) is 3.78. The second-order valence-corrected chi connectivity index (χ2v) is 5.97. The van der Waals surface area contributed by atoms with Gasteiger partial charge >= 0.3 is 12.1 Å². The van der Waals surface area contributed by atoms with Crippen LogP contribution in [0.3, 0.4) is 0 Å². The second kappa shape index (κ2) is 5.80. The number of carbonyl (C=O) groups excluding carboxylic acids is 1. The molecule has 1 aliphatic heterocycles. The third-order valence-electron chi connectivity index (χ3n) is 3.12. The number of alkyl halides is 3. The van der Waals surface area contributed by atoms with Crippen molar-refractivity contribution in [1.29, 1.82) is 0 Å². The van der Waals surface area contributed by atoms with Gasteiger partial charge in [0, 0.05) is 5.75 Å². The first kappa shape index (κ1) is 15.4. The molecule has 2 fully saturated rings. The highest BCUT2D eigenvalue weighted by Crippen LogP contribution is 2.45. The minimum Gasteiger partial charge on any atom is -0.480 e. The zero-order valence-corrected chi connectivity index (χ0v) is 11.2. The maximum absolute atomic E-state index is 12.0. The van der Waals surface area contributed by atoms with Crippen LogP contribution in [0.5, 0.6) is 0 Å². The summed E-state index contributed by atoms with van der Waals surface area (Å²) in [5.74, 6) is -1.31. The molecule has 2 unspecified atom stereocenters. The fraction of sp³-hybridized carbons (Fsp3) is 0.818. The van der Waals surface area contributed by atoms with Crippen LogP contribution in [0, 0.1) is 5.92 Å². The summed E-state index contributed by atoms with van der Waals surface area (Å²) in [7, 11) is 0. The molecule has 2 rings (SSSR count). The highest BCUT2D eigenvalue weighted by molar-refractivity contribution is 8.00. The Balaban J connectivity index is 1.94. The van der Waals surface area contributed by atoms with Gasteiger partial charge in [0.25, 0.3) is 0 Å². The molecule has 0 radical (unpaired) electrons. The number of hydrogen-bond acceptors (Lipinski definition) is 4. The Bertz CT molecular complexity index is 400. The molecule has 2 aliphatic rings. The van der Waals surface area contributed by atoms with Gasteiger partial charge in [0.1, 0.15) is 19.3 Å². The third-order valence-corrected chi connectivity index (χ3v) is 4.59. The van der Waals surface area contributed by atoms with Crippen molar-refractivity contribution in [3.05, 3.63) is 0 Å². The molecular weight excluding hydrogens is 299 g/mol. The molecule has 0 aromatic rings. The van der Waals surface area contributed by atoms with E-state index in [1.54, 1.807) is 0 Å². The number of aliphatic carboxylic acids is 1. The highest BCUT2D eigenvalue weighted by atomic mass is 32.2. The topological polar surface area (TPSA) is 66.8 Å². The summed E-state index contributed by atoms with van der Waals surface area (Å²) in [4.78, 5) is 24.2. The van der Waals surface area contributed by atoms with Gasteiger partial charge in [0.15, 0.2) is 0 Å². The number of carboxylic acids is 1. The molecule has 9 heteroatoms. The minimum atomic E-state index is -4.50. The normalized spacial score (nSPS) is 26.9. The van der Waals surface area contributed by atoms with Crippen molar-refractivity contribution >= 4 is 23.6 Å². The van der Waals surface area contributed by atoms with Gasteiger partial charge in [0.2, 0.25) is 5.91 Å². The van der Waals surface area contributed by atoms with Crippen LogP contribution in [0.25, 0.3) is 0 Å². The summed E-state index contributed by atoms with van der Waals surface area (Å²) in [5.41, 5.74) is 0. The van der Waals surface area contributed by atoms with E-state index in [1.165, 1.54) is 16.7 Å². The Kier molecular flexibility index (Phi) is 4.48. The summed E-state index contributed by atoms with van der Waals surface area (Å²) >= 11 is 1.37. The lowest BCUT2D eigenvalue weighted by Gasteiger charge is -2.27. The van der Waals surface area contributed by atoms with Crippen LogP contribution in [0.1, 0.15) is 12.8 Å². The standard InChI is InChI=1S/C11H14F3NO4S/c12-11(13,14)5-19-3-8(16)15-7(10(17)18)4-20-9(15)6-1-2-6/h6-7,9H,1-5H2,(H,17,18). The summed E-state index contributed by atoms with van der Waals surface area (Å²) < 4.78 is 40.2. The van der Waals surface area contributed by atoms with Crippen molar-refractivity contribution < 1.29 is 32.6 Å². The zero-order chi connectivity index (χ0) is 14.9. The molecule has 114 valence electrons. The average molecular weight is 313 g/mol. The van der Waals surface area contributed by atoms with Crippen LogP contribution in [-0.2, 0) is 14.3 Å². The molecule has 5 nitrogen and oxygen atoms in total. The van der Waals surface area contributed by atoms with Crippen molar-refractivity contribution in [2.75, 3.05) is 19.0 Å². The first-order valence-electron chi connectivity index (χ1n) is 6.09. The lowest BCUT2D eigenvalue weighted by Crippen LogP contribution is -2.48. The molecule has 1 saturated carbocycles. The number of amides is 1. The lowest BCUT2D eigenvalue weighted by atomic mass is 10.2. The van der Waals surface area contributed by atoms with E-state index in [9.17, 15) is 22.8 Å². The number of ether oxygens (including phenoxy) is 1. The van der Waals surface area contributed by atoms with Crippen LogP contribution in [-0.4, -0.2) is 58.4 Å². The van der Waals surface area contributed by atoms with Crippen molar-refractivity contribution in [1.82, 2.24) is 4.90 Å². The van der Waals surface area contributed by atoms with Gasteiger partial charge in [-0.15, -0.1) is 11.8 Å². The van der Waals surface area contributed by atoms with E-state index in [0.29, 0.717) is 0 Å². The predicted octanol–water partition coefficient (Wildman–Crippen LogP) is 1.33. The van der Waals surface area contributed by atoms with E-state index >= 15 is 0 Å². The lowest BCUT2D eigenvalue weighted by molar-refractivity contribution is -0.179. The maximum atomic E-state index is 12.0. The van der Waals surface area contributed by atoms with E-state index in [4.69, 9.17) is 5.11 Å². The van der Waals surface area contributed by atoms with Crippen molar-refractivity contribution in [3.8, 4) is 0 Å². The minimum absolute atomic E-state index is 0.246. The largest absolute Gasteiger partial charge is 0.480 e. The first-order valence-corrected chi connectivity index (χ1v) is 7.14. The Hall–Kier alpha value is -0.960. The SMILES string of the molecule is O=C(O)C1CSC(C2CC2)N1C(=O)COCC(F)(F)F. The highest BCUT2D eigenvalue weighted by Gasteiger charge is 2.48. The summed E-state index contributed by atoms with van der Waals surface area (Å²) in [5, 5.41) is 8.83. The Morgan fingerprint density at radius 1 is 1.35 bits per heavy atom. The number of thioether (sulfide) groups is 1. The quantitative estimate of drug-likeness (QED) is 0.829. The van der Waals surface area contributed by atoms with E-state index in [-0.39, 0.29) is 17.0 Å². The van der Waals surface area contributed by atoms with Gasteiger partial charge in [-0.05, 0) is 18.8 Å². The van der Waals surface area contributed by atoms with Crippen LogP contribution in [0.2, 0.25) is 0 Å². The molecule has 20 heavy (non-hydrogen) atoms. The second-order valence-electron chi connectivity index (χ2n) is 4.82. The Morgan fingerprint density at radius 2 is 2.00 bits per heavy atom. The van der Waals surface area contributed by atoms with Crippen LogP contribution in [0.15, 0.2) is 0 Å². The van der Waals surface area contributed by atoms with E-state index in [2.05, 4.69) is 4.74 Å².